The molecule has 5 rings (SSSR count). The Labute approximate surface area is 293 Å². The Kier molecular flexibility index (Phi) is 13.6. The van der Waals surface area contributed by atoms with Gasteiger partial charge in [0.1, 0.15) is 61.0 Å². The first-order valence-corrected chi connectivity index (χ1v) is 16.8. The van der Waals surface area contributed by atoms with Gasteiger partial charge in [-0.05, 0) is 41.8 Å². The third-order valence-electron chi connectivity index (χ3n) is 9.09. The third-order valence-corrected chi connectivity index (χ3v) is 9.60. The van der Waals surface area contributed by atoms with Crippen molar-refractivity contribution in [2.45, 2.75) is 111 Å². The van der Waals surface area contributed by atoms with E-state index in [0.717, 1.165) is 11.1 Å². The van der Waals surface area contributed by atoms with Crippen LogP contribution in [0.1, 0.15) is 17.5 Å². The molecule has 13 N–H and O–H groups in total. The number of halogens is 2. The van der Waals surface area contributed by atoms with Gasteiger partial charge in [-0.15, -0.1) is 0 Å². The number of benzene rings is 2. The minimum Gasteiger partial charge on any atom is -0.388 e. The van der Waals surface area contributed by atoms with Gasteiger partial charge in [0.2, 0.25) is 0 Å². The molecule has 2 saturated heterocycles. The van der Waals surface area contributed by atoms with Gasteiger partial charge in [0.15, 0.2) is 12.6 Å². The predicted molar refractivity (Wildman–Crippen MR) is 176 cm³/mol. The molecule has 2 aromatic carbocycles. The van der Waals surface area contributed by atoms with Crippen LogP contribution in [0.4, 0.5) is 0 Å². The van der Waals surface area contributed by atoms with E-state index >= 15 is 0 Å². The van der Waals surface area contributed by atoms with E-state index in [1.165, 1.54) is 0 Å². The summed E-state index contributed by atoms with van der Waals surface area (Å²) in [6.45, 7) is 0.184. The van der Waals surface area contributed by atoms with Gasteiger partial charge >= 0.3 is 0 Å². The molecular weight excluding hydrogens is 687 g/mol. The molecule has 1 aliphatic carbocycles. The molecule has 1 saturated carbocycles. The summed E-state index contributed by atoms with van der Waals surface area (Å²) in [5, 5.41) is 54.8. The van der Waals surface area contributed by atoms with E-state index in [2.05, 4.69) is 0 Å². The molecule has 3 aliphatic rings. The summed E-state index contributed by atoms with van der Waals surface area (Å²) in [5.41, 5.74) is 26.5. The van der Waals surface area contributed by atoms with Gasteiger partial charge in [0.05, 0.1) is 25.9 Å². The molecule has 2 aliphatic heterocycles. The molecule has 2 aromatic rings. The summed E-state index contributed by atoms with van der Waals surface area (Å²) in [6.07, 6.45) is -15.6. The maximum absolute atomic E-state index is 11.4. The van der Waals surface area contributed by atoms with Crippen molar-refractivity contribution >= 4 is 23.2 Å². The van der Waals surface area contributed by atoms with E-state index in [4.69, 9.17) is 74.6 Å². The summed E-state index contributed by atoms with van der Waals surface area (Å²) in [7, 11) is 0. The van der Waals surface area contributed by atoms with Crippen LogP contribution in [-0.2, 0) is 41.6 Å². The molecule has 2 heterocycles. The van der Waals surface area contributed by atoms with Crippen LogP contribution in [0, 0.1) is 0 Å². The summed E-state index contributed by atoms with van der Waals surface area (Å²) < 4.78 is 35.9. The second-order valence-electron chi connectivity index (χ2n) is 12.7. The zero-order chi connectivity index (χ0) is 35.4. The van der Waals surface area contributed by atoms with Crippen molar-refractivity contribution in [1.29, 1.82) is 0 Å². The zero-order valence-electron chi connectivity index (χ0n) is 26.6. The number of aliphatic hydroxyl groups is 5. The van der Waals surface area contributed by atoms with Crippen LogP contribution in [0.15, 0.2) is 48.5 Å². The number of nitrogens with two attached hydrogens (primary N) is 4. The first kappa shape index (κ1) is 38.6. The number of aliphatic hydroxyl groups excluding tert-OH is 5. The Bertz CT molecular complexity index is 1320. The van der Waals surface area contributed by atoms with Crippen molar-refractivity contribution < 1.29 is 54.0 Å². The lowest BCUT2D eigenvalue weighted by Gasteiger charge is -2.48. The van der Waals surface area contributed by atoms with Crippen LogP contribution in [0.25, 0.3) is 0 Å². The minimum atomic E-state index is -1.67. The summed E-state index contributed by atoms with van der Waals surface area (Å²) >= 11 is 12.0. The molecule has 3 fully saturated rings. The monoisotopic (exact) mass is 732 g/mol. The average Bonchev–Trinajstić information content (AvgIpc) is 3.08. The molecule has 0 amide bonds. The molecule has 17 heteroatoms. The van der Waals surface area contributed by atoms with E-state index in [0.29, 0.717) is 10.0 Å². The summed E-state index contributed by atoms with van der Waals surface area (Å²) in [6, 6.07) is 11.5. The fourth-order valence-corrected chi connectivity index (χ4v) is 6.49. The summed E-state index contributed by atoms with van der Waals surface area (Å²) in [4.78, 5) is 0. The molecule has 0 aromatic heterocycles. The minimum absolute atomic E-state index is 0.00251. The third kappa shape index (κ3) is 9.27. The van der Waals surface area contributed by atoms with Crippen LogP contribution in [0.5, 0.6) is 0 Å². The van der Waals surface area contributed by atoms with Crippen molar-refractivity contribution in [3.05, 3.63) is 69.7 Å². The SMILES string of the molecule is NC[C@H]1O[C@H](O[C@H]2[C@H](O)[C@@H](O[C@@H]3O[C@H](COCc4ccc(Cl)cc4)[C@@H](OCc4ccc(Cl)cc4)[C@H](N)[C@H]3O)[C@H](N)C[C@@H]2N)[C@H](O)[C@@H](O)[C@@H]1O. The van der Waals surface area contributed by atoms with Crippen LogP contribution >= 0.6 is 23.2 Å². The zero-order valence-corrected chi connectivity index (χ0v) is 28.1. The maximum atomic E-state index is 11.4. The fourth-order valence-electron chi connectivity index (χ4n) is 6.24. The van der Waals surface area contributed by atoms with Crippen molar-refractivity contribution in [3.63, 3.8) is 0 Å². The van der Waals surface area contributed by atoms with Crippen molar-refractivity contribution in [2.24, 2.45) is 22.9 Å². The predicted octanol–water partition coefficient (Wildman–Crippen LogP) is -1.54. The van der Waals surface area contributed by atoms with E-state index < -0.39 is 91.7 Å². The lowest BCUT2D eigenvalue weighted by molar-refractivity contribution is -0.334. The average molecular weight is 734 g/mol. The van der Waals surface area contributed by atoms with E-state index in [9.17, 15) is 25.5 Å². The van der Waals surface area contributed by atoms with E-state index in [-0.39, 0.29) is 32.8 Å². The van der Waals surface area contributed by atoms with Gasteiger partial charge in [-0.2, -0.15) is 0 Å². The van der Waals surface area contributed by atoms with Gasteiger partial charge in [-0.1, -0.05) is 47.5 Å². The second-order valence-corrected chi connectivity index (χ2v) is 13.5. The smallest absolute Gasteiger partial charge is 0.187 e. The Hall–Kier alpha value is -1.58. The summed E-state index contributed by atoms with van der Waals surface area (Å²) in [5.74, 6) is 0. The highest BCUT2D eigenvalue weighted by atomic mass is 35.5. The molecule has 274 valence electrons. The van der Waals surface area contributed by atoms with Gasteiger partial charge in [-0.25, -0.2) is 0 Å². The van der Waals surface area contributed by atoms with Crippen LogP contribution in [0.2, 0.25) is 10.0 Å². The highest BCUT2D eigenvalue weighted by Crippen LogP contribution is 2.32. The van der Waals surface area contributed by atoms with Gasteiger partial charge < -0.3 is 76.9 Å². The molecule has 0 bridgehead atoms. The van der Waals surface area contributed by atoms with Gasteiger partial charge in [0.25, 0.3) is 0 Å². The number of ether oxygens (including phenoxy) is 6. The Morgan fingerprint density at radius 1 is 0.633 bits per heavy atom. The molecule has 0 radical (unpaired) electrons. The fraction of sp³-hybridized carbons (Fsp3) is 0.625. The number of rotatable bonds is 12. The van der Waals surface area contributed by atoms with Crippen LogP contribution in [0.3, 0.4) is 0 Å². The van der Waals surface area contributed by atoms with Crippen molar-refractivity contribution in [3.8, 4) is 0 Å². The molecule has 15 atom stereocenters. The highest BCUT2D eigenvalue weighted by Gasteiger charge is 2.52. The molecular formula is C32H46Cl2N4O11. The Balaban J connectivity index is 1.29. The Morgan fingerprint density at radius 3 is 1.69 bits per heavy atom. The number of hydrogen-bond acceptors (Lipinski definition) is 15. The first-order chi connectivity index (χ1) is 23.4. The highest BCUT2D eigenvalue weighted by molar-refractivity contribution is 6.30. The van der Waals surface area contributed by atoms with E-state index in [1.807, 2.05) is 12.1 Å². The lowest BCUT2D eigenvalue weighted by atomic mass is 9.84. The van der Waals surface area contributed by atoms with Crippen molar-refractivity contribution in [2.75, 3.05) is 13.2 Å². The first-order valence-electron chi connectivity index (χ1n) is 16.0. The lowest BCUT2D eigenvalue weighted by Crippen LogP contribution is -2.68. The molecule has 15 nitrogen and oxygen atoms in total. The molecule has 0 unspecified atom stereocenters. The number of hydrogen-bond donors (Lipinski definition) is 9. The Morgan fingerprint density at radius 2 is 1.14 bits per heavy atom. The van der Waals surface area contributed by atoms with Crippen LogP contribution in [-0.4, -0.2) is 130 Å². The maximum Gasteiger partial charge on any atom is 0.187 e. The second kappa shape index (κ2) is 17.3. The van der Waals surface area contributed by atoms with Gasteiger partial charge in [0, 0.05) is 28.7 Å². The largest absolute Gasteiger partial charge is 0.388 e. The van der Waals surface area contributed by atoms with Crippen LogP contribution < -0.4 is 22.9 Å². The van der Waals surface area contributed by atoms with E-state index in [1.54, 1.807) is 36.4 Å². The molecule has 49 heavy (non-hydrogen) atoms. The quantitative estimate of drug-likeness (QED) is 0.120. The topological polar surface area (TPSA) is 261 Å². The standard InChI is InChI=1S/C32H46Cl2N4O11/c33-16-5-1-14(2-6-16)11-44-13-21-30(45-12-15-3-7-17(34)8-4-15)22(38)24(40)31(47-21)48-28-18(36)9-19(37)29(27(28)43)49-32-26(42)25(41)23(39)20(10-35)46-32/h1-8,18-32,39-43H,9-13,35-38H2/t18-,19+,20-,21-,22-,23-,24-,25+,26-,27-,28+,29-,30-,31+,32-/m1/s1. The normalized spacial score (nSPS) is 39.9. The molecule has 0 spiro atoms. The van der Waals surface area contributed by atoms with Gasteiger partial charge in [-0.3, -0.25) is 0 Å². The van der Waals surface area contributed by atoms with Crippen molar-refractivity contribution in [1.82, 2.24) is 0 Å².